The lowest BCUT2D eigenvalue weighted by Crippen LogP contribution is -2.39. The Morgan fingerprint density at radius 2 is 1.73 bits per heavy atom. The normalized spacial score (nSPS) is 17.6. The first-order chi connectivity index (χ1) is 15.9. The van der Waals surface area contributed by atoms with Crippen LogP contribution in [0.15, 0.2) is 24.3 Å². The highest BCUT2D eigenvalue weighted by molar-refractivity contribution is 8.00. The molecule has 2 unspecified atom stereocenters. The molecule has 0 radical (unpaired) electrons. The molecule has 178 valence electrons. The first-order valence-electron chi connectivity index (χ1n) is 11.2. The Morgan fingerprint density at radius 3 is 2.36 bits per heavy atom. The van der Waals surface area contributed by atoms with Gasteiger partial charge < -0.3 is 14.2 Å². The average Bonchev–Trinajstić information content (AvgIpc) is 3.29. The van der Waals surface area contributed by atoms with Crippen molar-refractivity contribution in [3.8, 4) is 17.2 Å². The van der Waals surface area contributed by atoms with Crippen molar-refractivity contribution in [2.75, 3.05) is 26.7 Å². The molecular weight excluding hydrogens is 438 g/mol. The van der Waals surface area contributed by atoms with Crippen LogP contribution in [0, 0.1) is 20.8 Å². The maximum atomic E-state index is 11.8. The number of methoxy groups -OCH3 is 2. The van der Waals surface area contributed by atoms with Crippen LogP contribution in [0.5, 0.6) is 17.2 Å². The lowest BCUT2D eigenvalue weighted by Gasteiger charge is -2.20. The minimum atomic E-state index is -0.395. The van der Waals surface area contributed by atoms with E-state index in [4.69, 9.17) is 14.2 Å². The molecule has 7 heteroatoms. The third-order valence-corrected chi connectivity index (χ3v) is 7.51. The number of hydrogen-bond donors (Lipinski definition) is 1. The molecule has 1 fully saturated rings. The van der Waals surface area contributed by atoms with Gasteiger partial charge in [0.1, 0.15) is 17.2 Å². The number of rotatable bonds is 11. The fourth-order valence-electron chi connectivity index (χ4n) is 4.44. The maximum Gasteiger partial charge on any atom is 0.213 e. The SMILES string of the molecule is COc1c(C)c(C)c(OC)c(CCCOc2ccc(CC3SCNC3C(=O)C=O)cc2)c1C. The van der Waals surface area contributed by atoms with Gasteiger partial charge in [-0.25, -0.2) is 0 Å². The molecule has 1 N–H and O–H groups in total. The van der Waals surface area contributed by atoms with Crippen molar-refractivity contribution in [2.24, 2.45) is 0 Å². The number of carbonyl (C=O) groups excluding carboxylic acids is 2. The van der Waals surface area contributed by atoms with Crippen LogP contribution in [0.3, 0.4) is 0 Å². The van der Waals surface area contributed by atoms with E-state index in [-0.39, 0.29) is 11.0 Å². The Balaban J connectivity index is 1.55. The van der Waals surface area contributed by atoms with Gasteiger partial charge in [0.05, 0.1) is 26.9 Å². The van der Waals surface area contributed by atoms with Gasteiger partial charge >= 0.3 is 0 Å². The molecule has 2 aromatic rings. The van der Waals surface area contributed by atoms with Crippen molar-refractivity contribution >= 4 is 23.8 Å². The first kappa shape index (κ1) is 25.1. The second kappa shape index (κ2) is 11.6. The van der Waals surface area contributed by atoms with Crippen molar-refractivity contribution in [1.82, 2.24) is 5.32 Å². The molecular formula is C26H33NO5S. The molecule has 1 aliphatic rings. The van der Waals surface area contributed by atoms with Crippen molar-refractivity contribution in [3.05, 3.63) is 52.1 Å². The van der Waals surface area contributed by atoms with Crippen LogP contribution in [0.25, 0.3) is 0 Å². The zero-order valence-corrected chi connectivity index (χ0v) is 20.8. The molecule has 2 aromatic carbocycles. The minimum absolute atomic E-state index is 0.0719. The average molecular weight is 472 g/mol. The number of benzene rings is 2. The lowest BCUT2D eigenvalue weighted by molar-refractivity contribution is -0.131. The van der Waals surface area contributed by atoms with E-state index in [0.29, 0.717) is 18.8 Å². The zero-order valence-electron chi connectivity index (χ0n) is 20.0. The molecule has 0 aromatic heterocycles. The number of Topliss-reactive ketones (excluding diaryl/α,β-unsaturated/α-hetero) is 1. The van der Waals surface area contributed by atoms with Gasteiger partial charge in [-0.3, -0.25) is 14.9 Å². The molecule has 2 atom stereocenters. The van der Waals surface area contributed by atoms with E-state index in [2.05, 4.69) is 26.1 Å². The molecule has 0 saturated carbocycles. The number of nitrogens with one attached hydrogen (secondary N) is 1. The van der Waals surface area contributed by atoms with Gasteiger partial charge in [-0.2, -0.15) is 0 Å². The van der Waals surface area contributed by atoms with E-state index in [1.807, 2.05) is 24.3 Å². The van der Waals surface area contributed by atoms with Gasteiger partial charge in [0.25, 0.3) is 0 Å². The smallest absolute Gasteiger partial charge is 0.213 e. The Hall–Kier alpha value is -2.51. The summed E-state index contributed by atoms with van der Waals surface area (Å²) in [6, 6.07) is 7.58. The van der Waals surface area contributed by atoms with E-state index in [1.165, 1.54) is 5.56 Å². The van der Waals surface area contributed by atoms with Crippen LogP contribution in [0.2, 0.25) is 0 Å². The summed E-state index contributed by atoms with van der Waals surface area (Å²) in [6.07, 6.45) is 2.83. The minimum Gasteiger partial charge on any atom is -0.496 e. The maximum absolute atomic E-state index is 11.8. The molecule has 0 spiro atoms. The van der Waals surface area contributed by atoms with Gasteiger partial charge in [-0.15, -0.1) is 11.8 Å². The Labute approximate surface area is 200 Å². The summed E-state index contributed by atoms with van der Waals surface area (Å²) in [5, 5.41) is 3.18. The molecule has 0 aliphatic carbocycles. The van der Waals surface area contributed by atoms with Gasteiger partial charge in [0, 0.05) is 16.7 Å². The predicted molar refractivity (Wildman–Crippen MR) is 132 cm³/mol. The van der Waals surface area contributed by atoms with E-state index >= 15 is 0 Å². The topological polar surface area (TPSA) is 73.9 Å². The molecule has 1 saturated heterocycles. The monoisotopic (exact) mass is 471 g/mol. The van der Waals surface area contributed by atoms with Crippen LogP contribution in [0.4, 0.5) is 0 Å². The lowest BCUT2D eigenvalue weighted by atomic mass is 9.94. The molecule has 33 heavy (non-hydrogen) atoms. The second-order valence-corrected chi connectivity index (χ2v) is 9.50. The van der Waals surface area contributed by atoms with Crippen molar-refractivity contribution in [2.45, 2.75) is 51.3 Å². The van der Waals surface area contributed by atoms with E-state index < -0.39 is 6.04 Å². The summed E-state index contributed by atoms with van der Waals surface area (Å²) < 4.78 is 17.3. The summed E-state index contributed by atoms with van der Waals surface area (Å²) >= 11 is 1.68. The third-order valence-electron chi connectivity index (χ3n) is 6.31. The largest absolute Gasteiger partial charge is 0.496 e. The number of aldehydes is 1. The van der Waals surface area contributed by atoms with E-state index in [1.54, 1.807) is 26.0 Å². The molecule has 0 bridgehead atoms. The fraction of sp³-hybridized carbons (Fsp3) is 0.462. The number of carbonyl (C=O) groups is 2. The number of thioether (sulfide) groups is 1. The van der Waals surface area contributed by atoms with Crippen LogP contribution in [-0.4, -0.2) is 50.1 Å². The highest BCUT2D eigenvalue weighted by Gasteiger charge is 2.32. The molecule has 1 heterocycles. The Kier molecular flexibility index (Phi) is 8.80. The highest BCUT2D eigenvalue weighted by Crippen LogP contribution is 2.38. The van der Waals surface area contributed by atoms with Crippen molar-refractivity contribution < 1.29 is 23.8 Å². The van der Waals surface area contributed by atoms with Crippen LogP contribution in [0.1, 0.15) is 34.2 Å². The second-order valence-electron chi connectivity index (χ2n) is 8.27. The Morgan fingerprint density at radius 1 is 1.06 bits per heavy atom. The summed E-state index contributed by atoms with van der Waals surface area (Å²) in [6.45, 7) is 6.79. The van der Waals surface area contributed by atoms with Crippen molar-refractivity contribution in [3.63, 3.8) is 0 Å². The van der Waals surface area contributed by atoms with Gasteiger partial charge in [0.2, 0.25) is 5.78 Å². The van der Waals surface area contributed by atoms with Crippen molar-refractivity contribution in [1.29, 1.82) is 0 Å². The standard InChI is InChI=1S/C26H33NO5S/c1-16-17(2)26(31-5)21(18(3)25(16)30-4)7-6-12-32-20-10-8-19(9-11-20)13-23-24(22(29)14-28)27-15-33-23/h8-11,14,23-24,27H,6-7,12-13,15H2,1-5H3. The molecule has 6 nitrogen and oxygen atoms in total. The highest BCUT2D eigenvalue weighted by atomic mass is 32.2. The number of ketones is 1. The zero-order chi connectivity index (χ0) is 24.0. The van der Waals surface area contributed by atoms with Gasteiger partial charge in [-0.1, -0.05) is 12.1 Å². The summed E-state index contributed by atoms with van der Waals surface area (Å²) in [4.78, 5) is 22.6. The fourth-order valence-corrected chi connectivity index (χ4v) is 5.66. The first-order valence-corrected chi connectivity index (χ1v) is 12.2. The van der Waals surface area contributed by atoms with E-state index in [9.17, 15) is 9.59 Å². The number of ether oxygens (including phenoxy) is 3. The molecule has 3 rings (SSSR count). The van der Waals surface area contributed by atoms with Gasteiger partial charge in [0.15, 0.2) is 6.29 Å². The summed E-state index contributed by atoms with van der Waals surface area (Å²) in [5.41, 5.74) is 5.63. The molecule has 1 aliphatic heterocycles. The van der Waals surface area contributed by atoms with Crippen LogP contribution < -0.4 is 19.5 Å². The molecule has 0 amide bonds. The quantitative estimate of drug-likeness (QED) is 0.302. The number of hydrogen-bond acceptors (Lipinski definition) is 7. The predicted octanol–water partition coefficient (Wildman–Crippen LogP) is 3.98. The summed E-state index contributed by atoms with van der Waals surface area (Å²) in [5.74, 6) is 2.98. The summed E-state index contributed by atoms with van der Waals surface area (Å²) in [7, 11) is 3.42. The van der Waals surface area contributed by atoms with Crippen LogP contribution >= 0.6 is 11.8 Å². The Bertz CT molecular complexity index is 989. The van der Waals surface area contributed by atoms with Crippen LogP contribution in [-0.2, 0) is 22.4 Å². The van der Waals surface area contributed by atoms with Gasteiger partial charge in [-0.05, 0) is 74.4 Å². The van der Waals surface area contributed by atoms with E-state index in [0.717, 1.165) is 58.8 Å². The third kappa shape index (κ3) is 5.71.